The van der Waals surface area contributed by atoms with Crippen molar-refractivity contribution in [2.24, 2.45) is 0 Å². The van der Waals surface area contributed by atoms with Gasteiger partial charge in [0.2, 0.25) is 0 Å². The molecule has 0 saturated carbocycles. The zero-order valence-corrected chi connectivity index (χ0v) is 14.5. The van der Waals surface area contributed by atoms with E-state index in [1.54, 1.807) is 18.2 Å². The van der Waals surface area contributed by atoms with Crippen molar-refractivity contribution in [3.63, 3.8) is 0 Å². The molecule has 2 aromatic rings. The second-order valence-corrected chi connectivity index (χ2v) is 5.82. The maximum Gasteiger partial charge on any atom is 0.343 e. The van der Waals surface area contributed by atoms with Gasteiger partial charge in [0.1, 0.15) is 5.75 Å². The minimum absolute atomic E-state index is 0.353. The molecule has 0 aliphatic rings. The number of aryl methyl sites for hydroxylation is 1. The quantitative estimate of drug-likeness (QED) is 0.418. The minimum Gasteiger partial charge on any atom is -0.423 e. The van der Waals surface area contributed by atoms with E-state index < -0.39 is 0 Å². The van der Waals surface area contributed by atoms with Gasteiger partial charge < -0.3 is 9.64 Å². The molecule has 0 saturated heterocycles. The van der Waals surface area contributed by atoms with Gasteiger partial charge in [0, 0.05) is 30.5 Å². The molecule has 0 N–H and O–H groups in total. The van der Waals surface area contributed by atoms with E-state index in [0.29, 0.717) is 23.1 Å². The smallest absolute Gasteiger partial charge is 0.343 e. The number of benzene rings is 2. The predicted molar refractivity (Wildman–Crippen MR) is 96.2 cm³/mol. The Morgan fingerprint density at radius 3 is 2.17 bits per heavy atom. The lowest BCUT2D eigenvalue weighted by Gasteiger charge is -2.22. The van der Waals surface area contributed by atoms with Crippen molar-refractivity contribution in [2.75, 3.05) is 29.7 Å². The second kappa shape index (κ2) is 8.80. The number of ether oxygens (including phenoxy) is 1. The van der Waals surface area contributed by atoms with Crippen LogP contribution in [0.15, 0.2) is 48.5 Å². The molecular weight excluding hydrogens is 333 g/mol. The third-order valence-corrected chi connectivity index (χ3v) is 3.82. The van der Waals surface area contributed by atoms with Gasteiger partial charge >= 0.3 is 5.97 Å². The highest BCUT2D eigenvalue weighted by Crippen LogP contribution is 2.21. The maximum atomic E-state index is 12.2. The predicted octanol–water partition coefficient (Wildman–Crippen LogP) is 4.50. The van der Waals surface area contributed by atoms with Gasteiger partial charge in [-0.2, -0.15) is 0 Å². The van der Waals surface area contributed by atoms with Gasteiger partial charge in [-0.25, -0.2) is 4.79 Å². The summed E-state index contributed by atoms with van der Waals surface area (Å²) in [7, 11) is 0. The molecule has 0 aliphatic heterocycles. The Morgan fingerprint density at radius 1 is 1.00 bits per heavy atom. The van der Waals surface area contributed by atoms with E-state index in [9.17, 15) is 4.79 Å². The number of nitrogens with zero attached hydrogens (tertiary/aromatic N) is 1. The average molecular weight is 352 g/mol. The number of carbonyl (C=O) groups is 1. The molecule has 0 unspecified atom stereocenters. The third-order valence-electron chi connectivity index (χ3n) is 3.49. The summed E-state index contributed by atoms with van der Waals surface area (Å²) in [5.41, 5.74) is 2.47. The van der Waals surface area contributed by atoms with E-state index in [1.807, 2.05) is 37.3 Å². The summed E-state index contributed by atoms with van der Waals surface area (Å²) in [4.78, 5) is 14.3. The molecule has 0 amide bonds. The molecule has 122 valence electrons. The standard InChI is InChI=1S/C18H19Cl2NO2/c1-14-4-2-3-5-17(14)18(22)23-16-8-6-15(7-9-16)21(12-10-19)13-11-20/h2-9H,10-13H2,1H3. The van der Waals surface area contributed by atoms with E-state index in [4.69, 9.17) is 27.9 Å². The maximum absolute atomic E-state index is 12.2. The summed E-state index contributed by atoms with van der Waals surface area (Å²) >= 11 is 11.6. The molecular formula is C18H19Cl2NO2. The molecule has 0 spiro atoms. The van der Waals surface area contributed by atoms with Crippen molar-refractivity contribution < 1.29 is 9.53 Å². The first-order valence-corrected chi connectivity index (χ1v) is 8.47. The Bertz CT molecular complexity index is 638. The number of hydrogen-bond acceptors (Lipinski definition) is 3. The molecule has 2 rings (SSSR count). The third kappa shape index (κ3) is 4.88. The molecule has 0 fully saturated rings. The lowest BCUT2D eigenvalue weighted by atomic mass is 10.1. The fourth-order valence-corrected chi connectivity index (χ4v) is 2.67. The minimum atomic E-state index is -0.353. The van der Waals surface area contributed by atoms with E-state index in [2.05, 4.69) is 4.90 Å². The fourth-order valence-electron chi connectivity index (χ4n) is 2.26. The van der Waals surface area contributed by atoms with Crippen LogP contribution in [-0.4, -0.2) is 30.8 Å². The highest BCUT2D eigenvalue weighted by Gasteiger charge is 2.11. The van der Waals surface area contributed by atoms with Gasteiger partial charge in [0.05, 0.1) is 5.56 Å². The zero-order chi connectivity index (χ0) is 16.7. The lowest BCUT2D eigenvalue weighted by molar-refractivity contribution is 0.0734. The van der Waals surface area contributed by atoms with E-state index in [0.717, 1.165) is 24.3 Å². The number of hydrogen-bond donors (Lipinski definition) is 0. The first-order valence-electron chi connectivity index (χ1n) is 7.40. The van der Waals surface area contributed by atoms with E-state index in [1.165, 1.54) is 0 Å². The molecule has 3 nitrogen and oxygen atoms in total. The van der Waals surface area contributed by atoms with Crippen LogP contribution in [0.5, 0.6) is 5.75 Å². The van der Waals surface area contributed by atoms with Crippen molar-refractivity contribution in [1.82, 2.24) is 0 Å². The normalized spacial score (nSPS) is 10.4. The van der Waals surface area contributed by atoms with Crippen LogP contribution in [0.1, 0.15) is 15.9 Å². The Balaban J connectivity index is 2.07. The summed E-state index contributed by atoms with van der Waals surface area (Å²) in [6.45, 7) is 3.32. The van der Waals surface area contributed by atoms with Crippen LogP contribution in [0.3, 0.4) is 0 Å². The van der Waals surface area contributed by atoms with Crippen LogP contribution in [0, 0.1) is 6.92 Å². The molecule has 23 heavy (non-hydrogen) atoms. The summed E-state index contributed by atoms with van der Waals surface area (Å²) < 4.78 is 5.43. The number of carbonyl (C=O) groups excluding carboxylic acids is 1. The number of alkyl halides is 2. The van der Waals surface area contributed by atoms with Gasteiger partial charge in [0.15, 0.2) is 0 Å². The summed E-state index contributed by atoms with van der Waals surface area (Å²) in [6, 6.07) is 14.7. The van der Waals surface area contributed by atoms with Crippen LogP contribution < -0.4 is 9.64 Å². The van der Waals surface area contributed by atoms with Crippen LogP contribution in [0.4, 0.5) is 5.69 Å². The second-order valence-electron chi connectivity index (χ2n) is 5.06. The van der Waals surface area contributed by atoms with Crippen molar-refractivity contribution in [3.8, 4) is 5.75 Å². The summed E-state index contributed by atoms with van der Waals surface area (Å²) in [5.74, 6) is 1.22. The Labute approximate surface area is 146 Å². The fraction of sp³-hybridized carbons (Fsp3) is 0.278. The molecule has 0 bridgehead atoms. The topological polar surface area (TPSA) is 29.5 Å². The Hall–Kier alpha value is -1.71. The average Bonchev–Trinajstić information content (AvgIpc) is 2.56. The van der Waals surface area contributed by atoms with Gasteiger partial charge in [-0.05, 0) is 42.8 Å². The number of halogens is 2. The monoisotopic (exact) mass is 351 g/mol. The van der Waals surface area contributed by atoms with Gasteiger partial charge in [-0.1, -0.05) is 18.2 Å². The highest BCUT2D eigenvalue weighted by atomic mass is 35.5. The highest BCUT2D eigenvalue weighted by molar-refractivity contribution is 6.18. The molecule has 0 atom stereocenters. The summed E-state index contributed by atoms with van der Waals surface area (Å²) in [6.07, 6.45) is 0. The van der Waals surface area contributed by atoms with E-state index >= 15 is 0 Å². The van der Waals surface area contributed by atoms with Crippen LogP contribution in [0.25, 0.3) is 0 Å². The van der Waals surface area contributed by atoms with Gasteiger partial charge in [-0.15, -0.1) is 23.2 Å². The largest absolute Gasteiger partial charge is 0.423 e. The van der Waals surface area contributed by atoms with E-state index in [-0.39, 0.29) is 5.97 Å². The van der Waals surface area contributed by atoms with Crippen LogP contribution >= 0.6 is 23.2 Å². The molecule has 0 radical (unpaired) electrons. The molecule has 0 heterocycles. The zero-order valence-electron chi connectivity index (χ0n) is 13.0. The molecule has 2 aromatic carbocycles. The Morgan fingerprint density at radius 2 is 1.61 bits per heavy atom. The van der Waals surface area contributed by atoms with Crippen LogP contribution in [0.2, 0.25) is 0 Å². The SMILES string of the molecule is Cc1ccccc1C(=O)Oc1ccc(N(CCCl)CCCl)cc1. The summed E-state index contributed by atoms with van der Waals surface area (Å²) in [5, 5.41) is 0. The number of rotatable bonds is 7. The molecule has 0 aromatic heterocycles. The van der Waals surface area contributed by atoms with Crippen molar-refractivity contribution in [2.45, 2.75) is 6.92 Å². The number of esters is 1. The van der Waals surface area contributed by atoms with Gasteiger partial charge in [-0.3, -0.25) is 0 Å². The first-order chi connectivity index (χ1) is 11.2. The molecule has 0 aliphatic carbocycles. The lowest BCUT2D eigenvalue weighted by Crippen LogP contribution is -2.27. The van der Waals surface area contributed by atoms with Crippen molar-refractivity contribution >= 4 is 34.9 Å². The van der Waals surface area contributed by atoms with Gasteiger partial charge in [0.25, 0.3) is 0 Å². The van der Waals surface area contributed by atoms with Crippen LogP contribution in [-0.2, 0) is 0 Å². The number of anilines is 1. The first kappa shape index (κ1) is 17.6. The van der Waals surface area contributed by atoms with Crippen molar-refractivity contribution in [3.05, 3.63) is 59.7 Å². The molecule has 5 heteroatoms. The van der Waals surface area contributed by atoms with Crippen molar-refractivity contribution in [1.29, 1.82) is 0 Å². The Kier molecular flexibility index (Phi) is 6.75.